The van der Waals surface area contributed by atoms with Crippen LogP contribution in [0.25, 0.3) is 10.9 Å². The molecule has 0 spiro atoms. The Balaban J connectivity index is 2.42. The third-order valence-electron chi connectivity index (χ3n) is 2.81. The molecule has 1 N–H and O–H groups in total. The molecule has 15 heavy (non-hydrogen) atoms. The van der Waals surface area contributed by atoms with Crippen LogP contribution < -0.4 is 5.32 Å². The van der Waals surface area contributed by atoms with Crippen LogP contribution in [-0.2, 0) is 13.1 Å². The fraction of sp³-hybridized carbons (Fsp3) is 0.385. The van der Waals surface area contributed by atoms with E-state index < -0.39 is 0 Å². The number of hydrogen-bond acceptors (Lipinski definition) is 1. The molecule has 2 heteroatoms. The Labute approximate surface area is 90.9 Å². The molecule has 2 aromatic rings. The first-order chi connectivity index (χ1) is 7.36. The van der Waals surface area contributed by atoms with Gasteiger partial charge in [-0.15, -0.1) is 0 Å². The molecule has 80 valence electrons. The van der Waals surface area contributed by atoms with Crippen molar-refractivity contribution in [3.8, 4) is 0 Å². The van der Waals surface area contributed by atoms with Gasteiger partial charge in [0.15, 0.2) is 0 Å². The second kappa shape index (κ2) is 4.49. The molecule has 1 heterocycles. The van der Waals surface area contributed by atoms with E-state index in [1.165, 1.54) is 16.5 Å². The third-order valence-corrected chi connectivity index (χ3v) is 2.81. The molecule has 0 aliphatic heterocycles. The van der Waals surface area contributed by atoms with Crippen molar-refractivity contribution in [2.45, 2.75) is 26.9 Å². The fourth-order valence-corrected chi connectivity index (χ4v) is 1.98. The van der Waals surface area contributed by atoms with Gasteiger partial charge >= 0.3 is 0 Å². The summed E-state index contributed by atoms with van der Waals surface area (Å²) < 4.78 is 2.28. The standard InChI is InChI=1S/C13H18N2/c1-3-14-10-11-6-5-7-13-12(11)8-9-15(13)4-2/h5-9,14H,3-4,10H2,1-2H3. The molecule has 0 radical (unpaired) electrons. The first kappa shape index (κ1) is 10.2. The number of benzene rings is 1. The van der Waals surface area contributed by atoms with Crippen LogP contribution in [0.5, 0.6) is 0 Å². The van der Waals surface area contributed by atoms with Crippen LogP contribution >= 0.6 is 0 Å². The molecular formula is C13H18N2. The number of hydrogen-bond donors (Lipinski definition) is 1. The highest BCUT2D eigenvalue weighted by Gasteiger charge is 2.03. The number of nitrogens with zero attached hydrogens (tertiary/aromatic N) is 1. The zero-order chi connectivity index (χ0) is 10.7. The Bertz CT molecular complexity index is 443. The van der Waals surface area contributed by atoms with Crippen LogP contribution in [0.4, 0.5) is 0 Å². The minimum absolute atomic E-state index is 0.960. The monoisotopic (exact) mass is 202 g/mol. The number of nitrogens with one attached hydrogen (secondary N) is 1. The van der Waals surface area contributed by atoms with Gasteiger partial charge in [0.1, 0.15) is 0 Å². The van der Waals surface area contributed by atoms with Gasteiger partial charge in [0.05, 0.1) is 0 Å². The van der Waals surface area contributed by atoms with Gasteiger partial charge in [-0.1, -0.05) is 19.1 Å². The lowest BCUT2D eigenvalue weighted by Crippen LogP contribution is -2.11. The maximum atomic E-state index is 3.37. The Morgan fingerprint density at radius 1 is 1.20 bits per heavy atom. The van der Waals surface area contributed by atoms with E-state index in [0.717, 1.165) is 19.6 Å². The van der Waals surface area contributed by atoms with Gasteiger partial charge in [-0.2, -0.15) is 0 Å². The molecule has 0 unspecified atom stereocenters. The smallest absolute Gasteiger partial charge is 0.0483 e. The van der Waals surface area contributed by atoms with Crippen molar-refractivity contribution in [1.29, 1.82) is 0 Å². The van der Waals surface area contributed by atoms with Crippen LogP contribution in [-0.4, -0.2) is 11.1 Å². The van der Waals surface area contributed by atoms with Crippen LogP contribution in [0.3, 0.4) is 0 Å². The van der Waals surface area contributed by atoms with Crippen LogP contribution in [0.2, 0.25) is 0 Å². The first-order valence-electron chi connectivity index (χ1n) is 5.64. The van der Waals surface area contributed by atoms with E-state index in [9.17, 15) is 0 Å². The highest BCUT2D eigenvalue weighted by molar-refractivity contribution is 5.83. The predicted molar refractivity (Wildman–Crippen MR) is 65.0 cm³/mol. The quantitative estimate of drug-likeness (QED) is 0.806. The van der Waals surface area contributed by atoms with Crippen molar-refractivity contribution in [3.63, 3.8) is 0 Å². The second-order valence-corrected chi connectivity index (χ2v) is 3.73. The Morgan fingerprint density at radius 3 is 2.80 bits per heavy atom. The van der Waals surface area contributed by atoms with Gasteiger partial charge in [0, 0.05) is 30.2 Å². The Morgan fingerprint density at radius 2 is 2.07 bits per heavy atom. The normalized spacial score (nSPS) is 11.1. The summed E-state index contributed by atoms with van der Waals surface area (Å²) in [5.41, 5.74) is 2.73. The summed E-state index contributed by atoms with van der Waals surface area (Å²) in [4.78, 5) is 0. The summed E-state index contributed by atoms with van der Waals surface area (Å²) >= 11 is 0. The van der Waals surface area contributed by atoms with Crippen molar-refractivity contribution >= 4 is 10.9 Å². The number of rotatable bonds is 4. The molecule has 0 aliphatic rings. The van der Waals surface area contributed by atoms with E-state index in [1.54, 1.807) is 0 Å². The number of aryl methyl sites for hydroxylation is 1. The summed E-state index contributed by atoms with van der Waals surface area (Å²) in [6, 6.07) is 8.74. The SMILES string of the molecule is CCNCc1cccc2c1ccn2CC. The average Bonchev–Trinajstić information content (AvgIpc) is 2.69. The first-order valence-corrected chi connectivity index (χ1v) is 5.64. The Hall–Kier alpha value is -1.28. The summed E-state index contributed by atoms with van der Waals surface area (Å²) in [7, 11) is 0. The van der Waals surface area contributed by atoms with Gasteiger partial charge in [-0.3, -0.25) is 0 Å². The van der Waals surface area contributed by atoms with Crippen LogP contribution in [0, 0.1) is 0 Å². The van der Waals surface area contributed by atoms with E-state index >= 15 is 0 Å². The molecule has 0 atom stereocenters. The lowest BCUT2D eigenvalue weighted by Gasteiger charge is -2.05. The van der Waals surface area contributed by atoms with Crippen molar-refractivity contribution in [2.75, 3.05) is 6.54 Å². The van der Waals surface area contributed by atoms with E-state index in [0.29, 0.717) is 0 Å². The zero-order valence-corrected chi connectivity index (χ0v) is 9.46. The zero-order valence-electron chi connectivity index (χ0n) is 9.46. The summed E-state index contributed by atoms with van der Waals surface area (Å²) in [6.07, 6.45) is 2.17. The minimum atomic E-state index is 0.960. The van der Waals surface area contributed by atoms with Crippen molar-refractivity contribution in [3.05, 3.63) is 36.0 Å². The number of fused-ring (bicyclic) bond motifs is 1. The predicted octanol–water partition coefficient (Wildman–Crippen LogP) is 2.77. The molecule has 0 fully saturated rings. The molecule has 1 aromatic heterocycles. The molecular weight excluding hydrogens is 184 g/mol. The molecule has 0 saturated carbocycles. The molecule has 0 saturated heterocycles. The molecule has 1 aromatic carbocycles. The van der Waals surface area contributed by atoms with Crippen molar-refractivity contribution in [1.82, 2.24) is 9.88 Å². The van der Waals surface area contributed by atoms with Gasteiger partial charge < -0.3 is 9.88 Å². The molecule has 2 rings (SSSR count). The Kier molecular flexibility index (Phi) is 3.07. The lowest BCUT2D eigenvalue weighted by molar-refractivity contribution is 0.730. The van der Waals surface area contributed by atoms with Crippen LogP contribution in [0.15, 0.2) is 30.5 Å². The fourth-order valence-electron chi connectivity index (χ4n) is 1.98. The molecule has 0 aliphatic carbocycles. The maximum absolute atomic E-state index is 3.37. The topological polar surface area (TPSA) is 17.0 Å². The highest BCUT2D eigenvalue weighted by Crippen LogP contribution is 2.20. The second-order valence-electron chi connectivity index (χ2n) is 3.73. The maximum Gasteiger partial charge on any atom is 0.0483 e. The van der Waals surface area contributed by atoms with Gasteiger partial charge in [0.2, 0.25) is 0 Å². The van der Waals surface area contributed by atoms with Crippen LogP contribution in [0.1, 0.15) is 19.4 Å². The van der Waals surface area contributed by atoms with E-state index in [1.807, 2.05) is 0 Å². The van der Waals surface area contributed by atoms with Crippen molar-refractivity contribution in [2.24, 2.45) is 0 Å². The third kappa shape index (κ3) is 1.90. The molecule has 0 bridgehead atoms. The summed E-state index contributed by atoms with van der Waals surface area (Å²) in [5.74, 6) is 0. The van der Waals surface area contributed by atoms with E-state index in [2.05, 4.69) is 54.2 Å². The molecule has 2 nitrogen and oxygen atoms in total. The summed E-state index contributed by atoms with van der Waals surface area (Å²) in [6.45, 7) is 7.33. The lowest BCUT2D eigenvalue weighted by atomic mass is 10.1. The van der Waals surface area contributed by atoms with Crippen molar-refractivity contribution < 1.29 is 0 Å². The van der Waals surface area contributed by atoms with E-state index in [-0.39, 0.29) is 0 Å². The molecule has 0 amide bonds. The summed E-state index contributed by atoms with van der Waals surface area (Å²) in [5, 5.41) is 4.75. The minimum Gasteiger partial charge on any atom is -0.348 e. The van der Waals surface area contributed by atoms with Gasteiger partial charge in [-0.05, 0) is 31.2 Å². The average molecular weight is 202 g/mol. The van der Waals surface area contributed by atoms with Gasteiger partial charge in [-0.25, -0.2) is 0 Å². The number of aromatic nitrogens is 1. The largest absolute Gasteiger partial charge is 0.348 e. The highest BCUT2D eigenvalue weighted by atomic mass is 14.9. The van der Waals surface area contributed by atoms with E-state index in [4.69, 9.17) is 0 Å². The van der Waals surface area contributed by atoms with Gasteiger partial charge in [0.25, 0.3) is 0 Å².